The topological polar surface area (TPSA) is 139 Å². The van der Waals surface area contributed by atoms with E-state index in [-0.39, 0.29) is 29.8 Å². The van der Waals surface area contributed by atoms with Crippen LogP contribution in [0.15, 0.2) is 47.6 Å². The van der Waals surface area contributed by atoms with Crippen molar-refractivity contribution in [1.82, 2.24) is 35.7 Å². The lowest BCUT2D eigenvalue weighted by molar-refractivity contribution is -0.117. The summed E-state index contributed by atoms with van der Waals surface area (Å²) in [4.78, 5) is 41.1. The summed E-state index contributed by atoms with van der Waals surface area (Å²) in [7, 11) is 0. The van der Waals surface area contributed by atoms with Crippen LogP contribution in [0.1, 0.15) is 67.6 Å². The first-order valence-electron chi connectivity index (χ1n) is 13.3. The van der Waals surface area contributed by atoms with E-state index in [1.807, 2.05) is 20.8 Å². The minimum Gasteiger partial charge on any atom is -0.344 e. The van der Waals surface area contributed by atoms with Gasteiger partial charge in [-0.15, -0.1) is 0 Å². The maximum Gasteiger partial charge on any atom is 0.315 e. The minimum absolute atomic E-state index is 0.0496. The predicted molar refractivity (Wildman–Crippen MR) is 144 cm³/mol. The molecule has 11 heteroatoms. The third-order valence-electron chi connectivity index (χ3n) is 7.69. The molecule has 3 N–H and O–H groups in total. The van der Waals surface area contributed by atoms with Gasteiger partial charge in [-0.1, -0.05) is 44.6 Å². The van der Waals surface area contributed by atoms with E-state index >= 15 is 4.39 Å². The molecule has 0 radical (unpaired) electrons. The molecule has 4 aromatic rings. The fourth-order valence-corrected chi connectivity index (χ4v) is 5.07. The number of carbonyl (C=O) groups excluding carboxylic acids is 2. The van der Waals surface area contributed by atoms with Crippen molar-refractivity contribution >= 4 is 23.0 Å². The number of pyridine rings is 1. The maximum atomic E-state index is 15.2. The van der Waals surface area contributed by atoms with Gasteiger partial charge in [-0.25, -0.2) is 14.4 Å². The van der Waals surface area contributed by atoms with Crippen molar-refractivity contribution in [2.45, 2.75) is 51.6 Å². The highest BCUT2D eigenvalue weighted by Crippen LogP contribution is 2.70. The second-order valence-electron chi connectivity index (χ2n) is 11.6. The van der Waals surface area contributed by atoms with Crippen LogP contribution in [0.3, 0.4) is 0 Å². The van der Waals surface area contributed by atoms with Gasteiger partial charge in [-0.05, 0) is 54.4 Å². The van der Waals surface area contributed by atoms with E-state index in [1.165, 1.54) is 18.6 Å². The Balaban J connectivity index is 1.20. The lowest BCUT2D eigenvalue weighted by Crippen LogP contribution is -2.28. The molecule has 40 heavy (non-hydrogen) atoms. The average molecular weight is 544 g/mol. The summed E-state index contributed by atoms with van der Waals surface area (Å²) < 4.78 is 20.2. The van der Waals surface area contributed by atoms with Crippen LogP contribution in [0.5, 0.6) is 0 Å². The van der Waals surface area contributed by atoms with Gasteiger partial charge in [0.15, 0.2) is 11.5 Å². The Morgan fingerprint density at radius 2 is 2.05 bits per heavy atom. The average Bonchev–Trinajstić information content (AvgIpc) is 3.69. The Morgan fingerprint density at radius 1 is 1.25 bits per heavy atom. The molecule has 3 heterocycles. The normalized spacial score (nSPS) is 20.1. The molecule has 10 nitrogen and oxygen atoms in total. The first-order chi connectivity index (χ1) is 19.1. The number of aromatic nitrogens is 5. The summed E-state index contributed by atoms with van der Waals surface area (Å²) in [5.41, 5.74) is 2.42. The Morgan fingerprint density at radius 3 is 2.70 bits per heavy atom. The summed E-state index contributed by atoms with van der Waals surface area (Å²) in [6.07, 6.45) is 4.96. The van der Waals surface area contributed by atoms with Crippen LogP contribution in [-0.4, -0.2) is 36.9 Å². The van der Waals surface area contributed by atoms with Gasteiger partial charge in [-0.2, -0.15) is 4.98 Å². The highest BCUT2D eigenvalue weighted by molar-refractivity contribution is 5.91. The smallest absolute Gasteiger partial charge is 0.315 e. The lowest BCUT2D eigenvalue weighted by atomic mass is 9.96. The molecule has 6 rings (SSSR count). The van der Waals surface area contributed by atoms with Crippen molar-refractivity contribution in [1.29, 1.82) is 0 Å². The third kappa shape index (κ3) is 4.99. The Kier molecular flexibility index (Phi) is 6.24. The molecule has 3 aromatic heterocycles. The fourth-order valence-electron chi connectivity index (χ4n) is 5.07. The van der Waals surface area contributed by atoms with Crippen molar-refractivity contribution < 1.29 is 18.5 Å². The molecule has 2 aliphatic carbocycles. The number of nitrogens with one attached hydrogen (secondary N) is 3. The molecule has 3 atom stereocenters. The number of hydrogen-bond acceptors (Lipinski definition) is 7. The Hall–Kier alpha value is -4.41. The van der Waals surface area contributed by atoms with Crippen molar-refractivity contribution in [2.75, 3.05) is 0 Å². The molecule has 2 saturated carbocycles. The van der Waals surface area contributed by atoms with Crippen LogP contribution in [0, 0.1) is 23.6 Å². The number of hydrogen-bond donors (Lipinski definition) is 3. The lowest BCUT2D eigenvalue weighted by Gasteiger charge is -2.17. The SMILES string of the molecule is C=CC(=O)NC(CC1C2CC12)c1nc2nccc(-c3ccc(CNC(=O)c4nc(C(C)(C)C)no4)c(F)c3)c2[nH]1. The largest absolute Gasteiger partial charge is 0.344 e. The number of fused-ring (bicyclic) bond motifs is 2. The molecule has 2 fully saturated rings. The van der Waals surface area contributed by atoms with E-state index in [4.69, 9.17) is 4.52 Å². The molecule has 1 aromatic carbocycles. The fraction of sp³-hybridized carbons (Fsp3) is 0.379. The van der Waals surface area contributed by atoms with Gasteiger partial charge in [0.25, 0.3) is 0 Å². The highest BCUT2D eigenvalue weighted by atomic mass is 19.1. The third-order valence-corrected chi connectivity index (χ3v) is 7.69. The molecule has 2 amide bonds. The van der Waals surface area contributed by atoms with E-state index in [0.29, 0.717) is 39.9 Å². The molecular weight excluding hydrogens is 513 g/mol. The van der Waals surface area contributed by atoms with Crippen LogP contribution in [0.4, 0.5) is 4.39 Å². The standard InChI is InChI=1S/C29H30FN7O3/c1-5-22(38)33-21(12-19-17-11-18(17)19)24-34-23-16(8-9-31-25(23)35-24)14-6-7-15(20(30)10-14)13-32-26(39)27-36-28(37-40-27)29(2,3)4/h5-10,17-19,21H,1,11-13H2,2-4H3,(H,32,39)(H,33,38)(H,31,34,35). The van der Waals surface area contributed by atoms with E-state index in [9.17, 15) is 9.59 Å². The molecule has 206 valence electrons. The van der Waals surface area contributed by atoms with Crippen LogP contribution >= 0.6 is 0 Å². The van der Waals surface area contributed by atoms with Crippen molar-refractivity contribution in [3.05, 3.63) is 72.0 Å². The predicted octanol–water partition coefficient (Wildman–Crippen LogP) is 4.37. The van der Waals surface area contributed by atoms with Gasteiger partial charge in [0.1, 0.15) is 11.6 Å². The molecule has 2 aliphatic rings. The second kappa shape index (κ2) is 9.65. The monoisotopic (exact) mass is 543 g/mol. The molecule has 3 unspecified atom stereocenters. The van der Waals surface area contributed by atoms with Crippen molar-refractivity contribution in [3.63, 3.8) is 0 Å². The quantitative estimate of drug-likeness (QED) is 0.266. The van der Waals surface area contributed by atoms with E-state index in [1.54, 1.807) is 24.4 Å². The number of carbonyl (C=O) groups is 2. The van der Waals surface area contributed by atoms with Crippen molar-refractivity contribution in [2.24, 2.45) is 17.8 Å². The minimum atomic E-state index is -0.575. The van der Waals surface area contributed by atoms with Crippen LogP contribution in [0.25, 0.3) is 22.3 Å². The number of nitrogens with zero attached hydrogens (tertiary/aromatic N) is 4. The summed E-state index contributed by atoms with van der Waals surface area (Å²) in [6.45, 7) is 9.24. The summed E-state index contributed by atoms with van der Waals surface area (Å²) in [6, 6.07) is 6.31. The van der Waals surface area contributed by atoms with Gasteiger partial charge in [-0.3, -0.25) is 9.59 Å². The van der Waals surface area contributed by atoms with Crippen molar-refractivity contribution in [3.8, 4) is 11.1 Å². The van der Waals surface area contributed by atoms with Gasteiger partial charge in [0.05, 0.1) is 11.6 Å². The maximum absolute atomic E-state index is 15.2. The van der Waals surface area contributed by atoms with E-state index in [0.717, 1.165) is 23.8 Å². The number of halogens is 1. The molecular formula is C29H30FN7O3. The first kappa shape index (κ1) is 25.8. The molecule has 0 aliphatic heterocycles. The number of amides is 2. The zero-order valence-electron chi connectivity index (χ0n) is 22.5. The Labute approximate surface area is 229 Å². The van der Waals surface area contributed by atoms with Gasteiger partial charge in [0, 0.05) is 29.3 Å². The summed E-state index contributed by atoms with van der Waals surface area (Å²) in [5, 5.41) is 9.46. The number of H-pyrrole nitrogens is 1. The summed E-state index contributed by atoms with van der Waals surface area (Å²) in [5.74, 6) is 1.72. The highest BCUT2D eigenvalue weighted by Gasteiger charge is 2.64. The zero-order valence-corrected chi connectivity index (χ0v) is 22.5. The first-order valence-corrected chi connectivity index (χ1v) is 13.3. The molecule has 0 spiro atoms. The number of benzene rings is 1. The number of imidazole rings is 1. The van der Waals surface area contributed by atoms with Gasteiger partial charge >= 0.3 is 11.8 Å². The Bertz CT molecular complexity index is 1630. The second-order valence-corrected chi connectivity index (χ2v) is 11.6. The summed E-state index contributed by atoms with van der Waals surface area (Å²) >= 11 is 0. The molecule has 0 bridgehead atoms. The van der Waals surface area contributed by atoms with Crippen LogP contribution in [0.2, 0.25) is 0 Å². The zero-order chi connectivity index (χ0) is 28.2. The van der Waals surface area contributed by atoms with Crippen LogP contribution in [-0.2, 0) is 16.8 Å². The van der Waals surface area contributed by atoms with Crippen LogP contribution < -0.4 is 10.6 Å². The van der Waals surface area contributed by atoms with E-state index in [2.05, 4.69) is 42.3 Å². The van der Waals surface area contributed by atoms with Gasteiger partial charge in [0.2, 0.25) is 5.91 Å². The number of rotatable bonds is 9. The molecule has 0 saturated heterocycles. The number of aromatic amines is 1. The van der Waals surface area contributed by atoms with Gasteiger partial charge < -0.3 is 20.1 Å². The van der Waals surface area contributed by atoms with E-state index < -0.39 is 11.7 Å².